The Kier molecular flexibility index (Phi) is 7.47. The molecule has 0 unspecified atom stereocenters. The highest BCUT2D eigenvalue weighted by atomic mass is 16.5. The predicted octanol–water partition coefficient (Wildman–Crippen LogP) is 4.37. The third-order valence-electron chi connectivity index (χ3n) is 5.04. The van der Waals surface area contributed by atoms with Crippen molar-refractivity contribution in [3.05, 3.63) is 65.4 Å². The van der Waals surface area contributed by atoms with Gasteiger partial charge >= 0.3 is 0 Å². The minimum Gasteiger partial charge on any atom is -0.496 e. The minimum absolute atomic E-state index is 0.0653. The Morgan fingerprint density at radius 1 is 1.11 bits per heavy atom. The van der Waals surface area contributed by atoms with E-state index in [1.807, 2.05) is 30.3 Å². The molecule has 0 saturated carbocycles. The zero-order chi connectivity index (χ0) is 19.6. The first-order chi connectivity index (χ1) is 13.8. The standard InChI is InChI=1S/C23H29N3O2/c1-28-21-10-6-5-9-19(21)14-16-24-22-12-11-20(17-26-22)23(27)25-15-13-18-7-3-2-4-8-18/h5-7,9-12,17H,2-4,8,13-16H2,1H3,(H,24,26)(H,25,27). The van der Waals surface area contributed by atoms with Crippen molar-refractivity contribution in [2.45, 2.75) is 38.5 Å². The van der Waals surface area contributed by atoms with Crippen LogP contribution in [0.5, 0.6) is 5.75 Å². The number of rotatable bonds is 9. The van der Waals surface area contributed by atoms with Crippen LogP contribution in [0.1, 0.15) is 48.0 Å². The second-order valence-corrected chi connectivity index (χ2v) is 7.03. The molecule has 0 fully saturated rings. The quantitative estimate of drug-likeness (QED) is 0.635. The number of carbonyl (C=O) groups is 1. The number of methoxy groups -OCH3 is 1. The van der Waals surface area contributed by atoms with Gasteiger partial charge in [0.05, 0.1) is 12.7 Å². The first-order valence-electron chi connectivity index (χ1n) is 10.0. The largest absolute Gasteiger partial charge is 0.496 e. The van der Waals surface area contributed by atoms with Gasteiger partial charge in [-0.3, -0.25) is 4.79 Å². The second-order valence-electron chi connectivity index (χ2n) is 7.03. The molecule has 0 saturated heterocycles. The molecule has 1 aliphatic carbocycles. The Labute approximate surface area is 167 Å². The molecule has 28 heavy (non-hydrogen) atoms. The highest BCUT2D eigenvalue weighted by Crippen LogP contribution is 2.19. The topological polar surface area (TPSA) is 63.2 Å². The number of para-hydroxylation sites is 1. The molecule has 5 nitrogen and oxygen atoms in total. The summed E-state index contributed by atoms with van der Waals surface area (Å²) >= 11 is 0. The molecule has 148 valence electrons. The van der Waals surface area contributed by atoms with E-state index in [1.54, 1.807) is 13.3 Å². The lowest BCUT2D eigenvalue weighted by Gasteiger charge is -2.13. The van der Waals surface area contributed by atoms with Crippen LogP contribution >= 0.6 is 0 Å². The molecular formula is C23H29N3O2. The van der Waals surface area contributed by atoms with Crippen LogP contribution in [0.25, 0.3) is 0 Å². The van der Waals surface area contributed by atoms with Gasteiger partial charge in [0.2, 0.25) is 0 Å². The predicted molar refractivity (Wildman–Crippen MR) is 113 cm³/mol. The number of hydrogen-bond donors (Lipinski definition) is 2. The van der Waals surface area contributed by atoms with Crippen molar-refractivity contribution in [3.63, 3.8) is 0 Å². The third kappa shape index (κ3) is 5.84. The lowest BCUT2D eigenvalue weighted by atomic mass is 9.97. The van der Waals surface area contributed by atoms with Gasteiger partial charge in [-0.15, -0.1) is 0 Å². The summed E-state index contributed by atoms with van der Waals surface area (Å²) in [6, 6.07) is 11.7. The van der Waals surface area contributed by atoms with Crippen LogP contribution < -0.4 is 15.4 Å². The number of pyridine rings is 1. The maximum atomic E-state index is 12.3. The molecule has 1 heterocycles. The van der Waals surface area contributed by atoms with Gasteiger partial charge in [0.25, 0.3) is 5.91 Å². The van der Waals surface area contributed by atoms with E-state index < -0.39 is 0 Å². The van der Waals surface area contributed by atoms with Gasteiger partial charge in [-0.1, -0.05) is 29.8 Å². The Balaban J connectivity index is 1.42. The van der Waals surface area contributed by atoms with Gasteiger partial charge in [-0.05, 0) is 62.3 Å². The Bertz CT molecular complexity index is 800. The SMILES string of the molecule is COc1ccccc1CCNc1ccc(C(=O)NCCC2=CCCCC2)cn1. The fraction of sp³-hybridized carbons (Fsp3) is 0.391. The molecule has 0 spiro atoms. The smallest absolute Gasteiger partial charge is 0.252 e. The molecule has 2 aromatic rings. The van der Waals surface area contributed by atoms with Crippen molar-refractivity contribution in [1.82, 2.24) is 10.3 Å². The van der Waals surface area contributed by atoms with Crippen LogP contribution in [0.3, 0.4) is 0 Å². The van der Waals surface area contributed by atoms with Gasteiger partial charge < -0.3 is 15.4 Å². The first kappa shape index (κ1) is 19.9. The third-order valence-corrected chi connectivity index (χ3v) is 5.04. The van der Waals surface area contributed by atoms with E-state index in [1.165, 1.54) is 31.3 Å². The maximum absolute atomic E-state index is 12.3. The lowest BCUT2D eigenvalue weighted by Crippen LogP contribution is -2.25. The summed E-state index contributed by atoms with van der Waals surface area (Å²) in [6.07, 6.45) is 10.6. The van der Waals surface area contributed by atoms with E-state index >= 15 is 0 Å². The van der Waals surface area contributed by atoms with E-state index in [-0.39, 0.29) is 5.91 Å². The number of anilines is 1. The first-order valence-corrected chi connectivity index (χ1v) is 10.0. The number of ether oxygens (including phenoxy) is 1. The van der Waals surface area contributed by atoms with Crippen molar-refractivity contribution in [2.75, 3.05) is 25.5 Å². The van der Waals surface area contributed by atoms with E-state index in [9.17, 15) is 4.79 Å². The molecule has 0 aliphatic heterocycles. The summed E-state index contributed by atoms with van der Waals surface area (Å²) in [7, 11) is 1.68. The van der Waals surface area contributed by atoms with Crippen molar-refractivity contribution in [2.24, 2.45) is 0 Å². The molecule has 5 heteroatoms. The van der Waals surface area contributed by atoms with Crippen molar-refractivity contribution in [3.8, 4) is 5.75 Å². The lowest BCUT2D eigenvalue weighted by molar-refractivity contribution is 0.0953. The van der Waals surface area contributed by atoms with Crippen LogP contribution in [0, 0.1) is 0 Å². The maximum Gasteiger partial charge on any atom is 0.252 e. The van der Waals surface area contributed by atoms with Gasteiger partial charge in [0.15, 0.2) is 0 Å². The molecule has 1 aliphatic rings. The number of allylic oxidation sites excluding steroid dienone is 1. The number of benzene rings is 1. The van der Waals surface area contributed by atoms with Crippen LogP contribution in [-0.2, 0) is 6.42 Å². The molecule has 0 atom stereocenters. The molecule has 3 rings (SSSR count). The molecule has 0 bridgehead atoms. The summed E-state index contributed by atoms with van der Waals surface area (Å²) in [5, 5.41) is 6.28. The van der Waals surface area contributed by atoms with Gasteiger partial charge in [-0.2, -0.15) is 0 Å². The Morgan fingerprint density at radius 3 is 2.75 bits per heavy atom. The molecule has 1 amide bonds. The highest BCUT2D eigenvalue weighted by molar-refractivity contribution is 5.94. The van der Waals surface area contributed by atoms with E-state index in [0.29, 0.717) is 12.1 Å². The molecule has 2 N–H and O–H groups in total. The van der Waals surface area contributed by atoms with Gasteiger partial charge in [0, 0.05) is 19.3 Å². The summed E-state index contributed by atoms with van der Waals surface area (Å²) < 4.78 is 5.37. The van der Waals surface area contributed by atoms with Crippen LogP contribution in [-0.4, -0.2) is 31.1 Å². The fourth-order valence-corrected chi connectivity index (χ4v) is 3.44. The van der Waals surface area contributed by atoms with Crippen molar-refractivity contribution >= 4 is 11.7 Å². The number of amides is 1. The average Bonchev–Trinajstić information content (AvgIpc) is 2.75. The fourth-order valence-electron chi connectivity index (χ4n) is 3.44. The number of hydrogen-bond acceptors (Lipinski definition) is 4. The molecule has 1 aromatic carbocycles. The average molecular weight is 380 g/mol. The summed E-state index contributed by atoms with van der Waals surface area (Å²) in [6.45, 7) is 1.43. The summed E-state index contributed by atoms with van der Waals surface area (Å²) in [5.41, 5.74) is 3.22. The van der Waals surface area contributed by atoms with Crippen molar-refractivity contribution < 1.29 is 9.53 Å². The Hall–Kier alpha value is -2.82. The van der Waals surface area contributed by atoms with Crippen LogP contribution in [0.2, 0.25) is 0 Å². The minimum atomic E-state index is -0.0653. The normalized spacial score (nSPS) is 13.5. The highest BCUT2D eigenvalue weighted by Gasteiger charge is 2.08. The van der Waals surface area contributed by atoms with Crippen LogP contribution in [0.4, 0.5) is 5.82 Å². The van der Waals surface area contributed by atoms with E-state index in [2.05, 4.69) is 27.8 Å². The number of carbonyl (C=O) groups excluding carboxylic acids is 1. The second kappa shape index (κ2) is 10.5. The van der Waals surface area contributed by atoms with Crippen LogP contribution in [0.15, 0.2) is 54.2 Å². The van der Waals surface area contributed by atoms with Crippen molar-refractivity contribution in [1.29, 1.82) is 0 Å². The molecular weight excluding hydrogens is 350 g/mol. The van der Waals surface area contributed by atoms with E-state index in [0.717, 1.165) is 36.5 Å². The number of nitrogens with zero attached hydrogens (tertiary/aromatic N) is 1. The summed E-state index contributed by atoms with van der Waals surface area (Å²) in [5.74, 6) is 1.59. The summed E-state index contributed by atoms with van der Waals surface area (Å²) in [4.78, 5) is 16.6. The Morgan fingerprint density at radius 2 is 2.00 bits per heavy atom. The molecule has 0 radical (unpaired) electrons. The van der Waals surface area contributed by atoms with Gasteiger partial charge in [-0.25, -0.2) is 4.98 Å². The monoisotopic (exact) mass is 379 g/mol. The molecule has 1 aromatic heterocycles. The van der Waals surface area contributed by atoms with Gasteiger partial charge in [0.1, 0.15) is 11.6 Å². The zero-order valence-corrected chi connectivity index (χ0v) is 16.5. The number of nitrogens with one attached hydrogen (secondary N) is 2. The zero-order valence-electron chi connectivity index (χ0n) is 16.5. The number of aromatic nitrogens is 1. The van der Waals surface area contributed by atoms with E-state index in [4.69, 9.17) is 4.74 Å².